The molecule has 1 unspecified atom stereocenters. The van der Waals surface area contributed by atoms with Gasteiger partial charge in [0, 0.05) is 11.6 Å². The number of benzene rings is 2. The number of methoxy groups -OCH3 is 4. The summed E-state index contributed by atoms with van der Waals surface area (Å²) < 4.78 is 20.9. The smallest absolute Gasteiger partial charge is 0.338 e. The van der Waals surface area contributed by atoms with E-state index < -0.39 is 18.0 Å². The lowest BCUT2D eigenvalue weighted by atomic mass is 9.92. The number of ether oxygens (including phenoxy) is 4. The number of carbonyl (C=O) groups excluding carboxylic acids is 2. The second-order valence-electron chi connectivity index (χ2n) is 6.15. The van der Waals surface area contributed by atoms with E-state index in [1.807, 2.05) is 0 Å². The molecular weight excluding hydrogens is 376 g/mol. The zero-order chi connectivity index (χ0) is 21.0. The molecule has 8 heteroatoms. The summed E-state index contributed by atoms with van der Waals surface area (Å²) >= 11 is 0. The van der Waals surface area contributed by atoms with E-state index in [1.165, 1.54) is 14.2 Å². The molecule has 1 aliphatic heterocycles. The van der Waals surface area contributed by atoms with Crippen LogP contribution >= 0.6 is 0 Å². The predicted molar refractivity (Wildman–Crippen MR) is 106 cm³/mol. The van der Waals surface area contributed by atoms with Crippen molar-refractivity contribution in [1.29, 1.82) is 0 Å². The largest absolute Gasteiger partial charge is 0.497 e. The number of esters is 1. The SMILES string of the molecule is COC(=O)C1=C(c2ccc(OC)cc2)NC(=O)NC1c1ccc(OC)cc1OC. The molecule has 0 saturated heterocycles. The lowest BCUT2D eigenvalue weighted by Gasteiger charge is -2.30. The first-order chi connectivity index (χ1) is 14.0. The van der Waals surface area contributed by atoms with Crippen molar-refractivity contribution in [3.8, 4) is 17.2 Å². The van der Waals surface area contributed by atoms with E-state index in [4.69, 9.17) is 18.9 Å². The average molecular weight is 398 g/mol. The van der Waals surface area contributed by atoms with Crippen LogP contribution in [0.15, 0.2) is 48.0 Å². The predicted octanol–water partition coefficient (Wildman–Crippen LogP) is 2.65. The Morgan fingerprint density at radius 1 is 0.897 bits per heavy atom. The summed E-state index contributed by atoms with van der Waals surface area (Å²) in [5.74, 6) is 1.13. The van der Waals surface area contributed by atoms with Gasteiger partial charge in [-0.15, -0.1) is 0 Å². The maximum absolute atomic E-state index is 12.7. The first-order valence-corrected chi connectivity index (χ1v) is 8.78. The highest BCUT2D eigenvalue weighted by Crippen LogP contribution is 2.37. The molecule has 0 fully saturated rings. The Kier molecular flexibility index (Phi) is 5.92. The minimum Gasteiger partial charge on any atom is -0.497 e. The van der Waals surface area contributed by atoms with Crippen LogP contribution in [-0.2, 0) is 9.53 Å². The highest BCUT2D eigenvalue weighted by molar-refractivity contribution is 6.04. The van der Waals surface area contributed by atoms with E-state index in [1.54, 1.807) is 56.7 Å². The molecule has 0 aliphatic carbocycles. The van der Waals surface area contributed by atoms with Gasteiger partial charge in [0.05, 0.1) is 45.8 Å². The molecule has 1 aliphatic rings. The summed E-state index contributed by atoms with van der Waals surface area (Å²) in [6.07, 6.45) is 0. The van der Waals surface area contributed by atoms with Gasteiger partial charge < -0.3 is 29.6 Å². The van der Waals surface area contributed by atoms with Crippen LogP contribution < -0.4 is 24.8 Å². The van der Waals surface area contributed by atoms with Gasteiger partial charge in [-0.05, 0) is 42.0 Å². The van der Waals surface area contributed by atoms with E-state index in [9.17, 15) is 9.59 Å². The van der Waals surface area contributed by atoms with E-state index in [2.05, 4.69) is 10.6 Å². The minimum atomic E-state index is -0.783. The Bertz CT molecular complexity index is 952. The monoisotopic (exact) mass is 398 g/mol. The summed E-state index contributed by atoms with van der Waals surface area (Å²) in [5.41, 5.74) is 1.83. The molecule has 29 heavy (non-hydrogen) atoms. The van der Waals surface area contributed by atoms with E-state index >= 15 is 0 Å². The molecule has 2 aromatic carbocycles. The third kappa shape index (κ3) is 3.96. The van der Waals surface area contributed by atoms with E-state index in [0.717, 1.165) is 0 Å². The van der Waals surface area contributed by atoms with Crippen molar-refractivity contribution >= 4 is 17.7 Å². The van der Waals surface area contributed by atoms with E-state index in [-0.39, 0.29) is 5.57 Å². The van der Waals surface area contributed by atoms with Crippen molar-refractivity contribution in [2.45, 2.75) is 6.04 Å². The lowest BCUT2D eigenvalue weighted by Crippen LogP contribution is -2.45. The number of nitrogens with one attached hydrogen (secondary N) is 2. The number of carbonyl (C=O) groups is 2. The van der Waals surface area contributed by atoms with Gasteiger partial charge in [0.1, 0.15) is 17.2 Å². The zero-order valence-electron chi connectivity index (χ0n) is 16.6. The first-order valence-electron chi connectivity index (χ1n) is 8.78. The number of amides is 2. The highest BCUT2D eigenvalue weighted by atomic mass is 16.5. The number of hydrogen-bond acceptors (Lipinski definition) is 6. The maximum atomic E-state index is 12.7. The van der Waals surface area contributed by atoms with Crippen LogP contribution in [-0.4, -0.2) is 40.4 Å². The van der Waals surface area contributed by atoms with Crippen LogP contribution in [0.25, 0.3) is 5.70 Å². The van der Waals surface area contributed by atoms with Gasteiger partial charge in [-0.25, -0.2) is 9.59 Å². The van der Waals surface area contributed by atoms with Gasteiger partial charge in [-0.2, -0.15) is 0 Å². The maximum Gasteiger partial charge on any atom is 0.338 e. The first kappa shape index (κ1) is 20.1. The molecule has 2 amide bonds. The van der Waals surface area contributed by atoms with Gasteiger partial charge in [-0.1, -0.05) is 0 Å². The molecule has 0 radical (unpaired) electrons. The Morgan fingerprint density at radius 2 is 1.55 bits per heavy atom. The Balaban J connectivity index is 2.19. The fourth-order valence-electron chi connectivity index (χ4n) is 3.17. The molecule has 2 aromatic rings. The Hall–Kier alpha value is -3.68. The van der Waals surface area contributed by atoms with Crippen LogP contribution in [0, 0.1) is 0 Å². The van der Waals surface area contributed by atoms with Crippen LogP contribution in [0.2, 0.25) is 0 Å². The standard InChI is InChI=1S/C21H22N2O6/c1-26-13-7-5-12(6-8-13)18-17(20(24)29-4)19(23-21(25)22-18)15-10-9-14(27-2)11-16(15)28-3/h5-11,19H,1-4H3,(H2,22,23,25). The average Bonchev–Trinajstić information content (AvgIpc) is 2.77. The quantitative estimate of drug-likeness (QED) is 0.727. The Morgan fingerprint density at radius 3 is 2.14 bits per heavy atom. The van der Waals surface area contributed by atoms with Gasteiger partial charge in [0.15, 0.2) is 0 Å². The van der Waals surface area contributed by atoms with Gasteiger partial charge >= 0.3 is 12.0 Å². The summed E-state index contributed by atoms with van der Waals surface area (Å²) in [6, 6.07) is 10.9. The van der Waals surface area contributed by atoms with Crippen LogP contribution in [0.3, 0.4) is 0 Å². The van der Waals surface area contributed by atoms with Gasteiger partial charge in [-0.3, -0.25) is 0 Å². The molecule has 3 rings (SSSR count). The molecular formula is C21H22N2O6. The summed E-state index contributed by atoms with van der Waals surface area (Å²) in [5, 5.41) is 5.50. The minimum absolute atomic E-state index is 0.251. The van der Waals surface area contributed by atoms with Crippen LogP contribution in [0.1, 0.15) is 17.2 Å². The fraction of sp³-hybridized carbons (Fsp3) is 0.238. The van der Waals surface area contributed by atoms with Crippen molar-refractivity contribution < 1.29 is 28.5 Å². The highest BCUT2D eigenvalue weighted by Gasteiger charge is 2.35. The topological polar surface area (TPSA) is 95.1 Å². The van der Waals surface area contributed by atoms with Crippen molar-refractivity contribution in [2.24, 2.45) is 0 Å². The second kappa shape index (κ2) is 8.55. The summed E-state index contributed by atoms with van der Waals surface area (Å²) in [4.78, 5) is 25.2. The third-order valence-electron chi connectivity index (χ3n) is 4.61. The van der Waals surface area contributed by atoms with Crippen molar-refractivity contribution in [3.05, 3.63) is 59.2 Å². The molecule has 8 nitrogen and oxygen atoms in total. The van der Waals surface area contributed by atoms with Crippen LogP contribution in [0.5, 0.6) is 17.2 Å². The van der Waals surface area contributed by atoms with Crippen molar-refractivity contribution in [3.63, 3.8) is 0 Å². The Labute approximate surface area is 168 Å². The molecule has 0 bridgehead atoms. The van der Waals surface area contributed by atoms with Crippen molar-refractivity contribution in [1.82, 2.24) is 10.6 Å². The van der Waals surface area contributed by atoms with Gasteiger partial charge in [0.25, 0.3) is 0 Å². The molecule has 1 heterocycles. The number of hydrogen-bond donors (Lipinski definition) is 2. The molecule has 0 spiro atoms. The molecule has 1 atom stereocenters. The molecule has 152 valence electrons. The third-order valence-corrected chi connectivity index (χ3v) is 4.61. The van der Waals surface area contributed by atoms with Crippen LogP contribution in [0.4, 0.5) is 4.79 Å². The summed E-state index contributed by atoms with van der Waals surface area (Å²) in [7, 11) is 5.90. The normalized spacial score (nSPS) is 15.9. The van der Waals surface area contributed by atoms with Crippen molar-refractivity contribution in [2.75, 3.05) is 28.4 Å². The second-order valence-corrected chi connectivity index (χ2v) is 6.15. The fourth-order valence-corrected chi connectivity index (χ4v) is 3.17. The molecule has 2 N–H and O–H groups in total. The van der Waals surface area contributed by atoms with E-state index in [0.29, 0.717) is 34.1 Å². The number of rotatable bonds is 6. The summed E-state index contributed by atoms with van der Waals surface area (Å²) in [6.45, 7) is 0. The molecule has 0 saturated carbocycles. The molecule has 0 aromatic heterocycles. The zero-order valence-corrected chi connectivity index (χ0v) is 16.6. The number of urea groups is 1. The lowest BCUT2D eigenvalue weighted by molar-refractivity contribution is -0.136. The van der Waals surface area contributed by atoms with Gasteiger partial charge in [0.2, 0.25) is 0 Å².